The largest absolute Gasteiger partial charge is 0.481 e. The van der Waals surface area contributed by atoms with Crippen LogP contribution in [-0.4, -0.2) is 55.7 Å². The lowest BCUT2D eigenvalue weighted by Gasteiger charge is -2.39. The fourth-order valence-corrected chi connectivity index (χ4v) is 9.99. The summed E-state index contributed by atoms with van der Waals surface area (Å²) >= 11 is 0. The van der Waals surface area contributed by atoms with Crippen LogP contribution in [0.3, 0.4) is 0 Å². The first-order chi connectivity index (χ1) is 23.6. The number of hydrogen-bond donors (Lipinski definition) is 7. The number of hydrogen-bond acceptors (Lipinski definition) is 6. The van der Waals surface area contributed by atoms with Crippen LogP contribution in [0.2, 0.25) is 0 Å². The standard InChI is InChI=1S/C41H65N3O5/c1-2-3-5-11-29-15-16-30(37(46)24-29)12-6-4-7-14-35(39(47)48)36(45)17-21-41(49)28-33(25-32(41)26-34-13-10-22-43-34)40(19-8-9-20-40)31-18-23-44-38(42)27-31/h10,13,15-16,18,22,27,29-30,32-33,35-37,43-46,49H,2-9,11-12,14,17,19-21,23-26,28,42H2,1H3,(H,47,48). The van der Waals surface area contributed by atoms with E-state index in [1.54, 1.807) is 0 Å². The van der Waals surface area contributed by atoms with E-state index < -0.39 is 23.6 Å². The normalized spacial score (nSPS) is 30.8. The van der Waals surface area contributed by atoms with Crippen LogP contribution in [-0.2, 0) is 11.2 Å². The van der Waals surface area contributed by atoms with Crippen molar-refractivity contribution in [1.29, 1.82) is 0 Å². The number of rotatable bonds is 19. The first kappa shape index (κ1) is 37.7. The molecule has 2 fully saturated rings. The number of aliphatic hydroxyl groups excluding tert-OH is 2. The molecule has 8 unspecified atom stereocenters. The molecule has 5 rings (SSSR count). The molecule has 3 aliphatic carbocycles. The van der Waals surface area contributed by atoms with E-state index in [1.807, 2.05) is 12.3 Å². The molecule has 2 saturated carbocycles. The quantitative estimate of drug-likeness (QED) is 0.0607. The molecule has 0 radical (unpaired) electrons. The maximum Gasteiger partial charge on any atom is 0.309 e. The molecule has 1 aromatic heterocycles. The molecule has 0 amide bonds. The topological polar surface area (TPSA) is 152 Å². The predicted octanol–water partition coefficient (Wildman–Crippen LogP) is 7.13. The van der Waals surface area contributed by atoms with Gasteiger partial charge < -0.3 is 36.5 Å². The molecule has 8 heteroatoms. The van der Waals surface area contributed by atoms with Crippen LogP contribution < -0.4 is 11.1 Å². The predicted molar refractivity (Wildman–Crippen MR) is 195 cm³/mol. The van der Waals surface area contributed by atoms with Gasteiger partial charge in [0.2, 0.25) is 0 Å². The molecule has 0 spiro atoms. The second kappa shape index (κ2) is 17.6. The minimum Gasteiger partial charge on any atom is -0.481 e. The van der Waals surface area contributed by atoms with Crippen molar-refractivity contribution in [3.05, 3.63) is 59.7 Å². The van der Waals surface area contributed by atoms with Gasteiger partial charge in [0.25, 0.3) is 0 Å². The first-order valence-corrected chi connectivity index (χ1v) is 19.7. The zero-order valence-electron chi connectivity index (χ0n) is 30.0. The number of nitrogens with two attached hydrogens (primary N) is 1. The van der Waals surface area contributed by atoms with E-state index in [4.69, 9.17) is 5.73 Å². The van der Waals surface area contributed by atoms with Crippen molar-refractivity contribution in [2.75, 3.05) is 6.54 Å². The van der Waals surface area contributed by atoms with E-state index in [2.05, 4.69) is 47.6 Å². The Kier molecular flexibility index (Phi) is 13.5. The first-order valence-electron chi connectivity index (χ1n) is 19.7. The van der Waals surface area contributed by atoms with Crippen molar-refractivity contribution in [1.82, 2.24) is 10.3 Å². The number of H-pyrrole nitrogens is 1. The van der Waals surface area contributed by atoms with Crippen LogP contribution in [0.1, 0.15) is 128 Å². The van der Waals surface area contributed by atoms with Gasteiger partial charge in [-0.3, -0.25) is 4.79 Å². The number of aliphatic hydroxyl groups is 3. The van der Waals surface area contributed by atoms with Crippen LogP contribution in [0.5, 0.6) is 0 Å². The molecule has 8 atom stereocenters. The molecule has 0 aromatic carbocycles. The molecular weight excluding hydrogens is 614 g/mol. The summed E-state index contributed by atoms with van der Waals surface area (Å²) in [6.45, 7) is 2.94. The average Bonchev–Trinajstić information content (AvgIpc) is 3.85. The summed E-state index contributed by atoms with van der Waals surface area (Å²) in [5, 5.41) is 47.7. The Labute approximate surface area is 294 Å². The van der Waals surface area contributed by atoms with Crippen molar-refractivity contribution in [2.45, 2.75) is 147 Å². The van der Waals surface area contributed by atoms with Gasteiger partial charge in [0.15, 0.2) is 0 Å². The smallest absolute Gasteiger partial charge is 0.309 e. The van der Waals surface area contributed by atoms with Crippen LogP contribution in [0, 0.1) is 35.0 Å². The van der Waals surface area contributed by atoms with Crippen LogP contribution >= 0.6 is 0 Å². The molecule has 8 N–H and O–H groups in total. The van der Waals surface area contributed by atoms with Gasteiger partial charge in [-0.2, -0.15) is 0 Å². The summed E-state index contributed by atoms with van der Waals surface area (Å²) < 4.78 is 0. The molecule has 274 valence electrons. The van der Waals surface area contributed by atoms with Gasteiger partial charge in [-0.05, 0) is 118 Å². The van der Waals surface area contributed by atoms with Gasteiger partial charge in [-0.25, -0.2) is 0 Å². The molecule has 1 aromatic rings. The van der Waals surface area contributed by atoms with Gasteiger partial charge in [0, 0.05) is 24.4 Å². The third-order valence-corrected chi connectivity index (χ3v) is 12.9. The number of allylic oxidation sites excluding steroid dienone is 3. The maximum absolute atomic E-state index is 12.4. The fraction of sp³-hybridized carbons (Fsp3) is 0.732. The van der Waals surface area contributed by atoms with Gasteiger partial charge in [-0.15, -0.1) is 0 Å². The minimum absolute atomic E-state index is 0.00674. The number of dihydropyridines is 1. The number of aromatic nitrogens is 1. The number of nitrogens with one attached hydrogen (secondary N) is 2. The number of carboxylic acids is 1. The highest BCUT2D eigenvalue weighted by molar-refractivity contribution is 5.70. The lowest BCUT2D eigenvalue weighted by atomic mass is 9.66. The van der Waals surface area contributed by atoms with E-state index in [1.165, 1.54) is 37.7 Å². The van der Waals surface area contributed by atoms with E-state index in [0.29, 0.717) is 36.9 Å². The third kappa shape index (κ3) is 9.62. The summed E-state index contributed by atoms with van der Waals surface area (Å²) in [5.74, 6) is -0.119. The zero-order valence-corrected chi connectivity index (χ0v) is 30.0. The molecule has 0 bridgehead atoms. The molecule has 0 saturated heterocycles. The molecular formula is C41H65N3O5. The Morgan fingerprint density at radius 3 is 2.55 bits per heavy atom. The van der Waals surface area contributed by atoms with Crippen molar-refractivity contribution in [2.24, 2.45) is 40.7 Å². The summed E-state index contributed by atoms with van der Waals surface area (Å²) in [5.41, 5.74) is 7.65. The number of unbranched alkanes of at least 4 members (excludes halogenated alkanes) is 4. The van der Waals surface area contributed by atoms with E-state index >= 15 is 0 Å². The van der Waals surface area contributed by atoms with Crippen molar-refractivity contribution < 1.29 is 25.2 Å². The lowest BCUT2D eigenvalue weighted by Crippen LogP contribution is -2.38. The number of carbonyl (C=O) groups is 1. The van der Waals surface area contributed by atoms with Gasteiger partial charge in [0.1, 0.15) is 0 Å². The minimum atomic E-state index is -1.00. The van der Waals surface area contributed by atoms with Crippen molar-refractivity contribution in [3.63, 3.8) is 0 Å². The second-order valence-corrected chi connectivity index (χ2v) is 16.1. The Morgan fingerprint density at radius 2 is 1.86 bits per heavy atom. The summed E-state index contributed by atoms with van der Waals surface area (Å²) in [7, 11) is 0. The van der Waals surface area contributed by atoms with Crippen LogP contribution in [0.25, 0.3) is 0 Å². The van der Waals surface area contributed by atoms with E-state index in [9.17, 15) is 25.2 Å². The van der Waals surface area contributed by atoms with Gasteiger partial charge >= 0.3 is 5.97 Å². The van der Waals surface area contributed by atoms with Crippen LogP contribution in [0.15, 0.2) is 54.0 Å². The van der Waals surface area contributed by atoms with Gasteiger partial charge in [-0.1, -0.05) is 76.5 Å². The van der Waals surface area contributed by atoms with Crippen LogP contribution in [0.4, 0.5) is 0 Å². The highest BCUT2D eigenvalue weighted by atomic mass is 16.4. The summed E-state index contributed by atoms with van der Waals surface area (Å²) in [6.07, 6.45) is 26.6. The van der Waals surface area contributed by atoms with E-state index in [0.717, 1.165) is 76.4 Å². The third-order valence-electron chi connectivity index (χ3n) is 12.9. The molecule has 2 heterocycles. The number of aromatic amines is 1. The maximum atomic E-state index is 12.4. The Bertz CT molecular complexity index is 1270. The summed E-state index contributed by atoms with van der Waals surface area (Å²) in [6, 6.07) is 4.07. The Balaban J connectivity index is 1.15. The average molecular weight is 680 g/mol. The highest BCUT2D eigenvalue weighted by Crippen LogP contribution is 2.59. The molecule has 8 nitrogen and oxygen atoms in total. The van der Waals surface area contributed by atoms with Gasteiger partial charge in [0.05, 0.1) is 29.5 Å². The number of carboxylic acid groups (broad SMARTS) is 1. The second-order valence-electron chi connectivity index (χ2n) is 16.1. The molecule has 49 heavy (non-hydrogen) atoms. The SMILES string of the molecule is CCCCCC1C=CC(CCCCCC(C(=O)O)C(O)CCC2(O)CC(C3(C4=CCNC(N)=C4)CCCC3)CC2Cc2ccc[nH]2)C(O)C1. The summed E-state index contributed by atoms with van der Waals surface area (Å²) in [4.78, 5) is 15.7. The lowest BCUT2D eigenvalue weighted by molar-refractivity contribution is -0.146. The van der Waals surface area contributed by atoms with Crippen molar-refractivity contribution >= 4 is 5.97 Å². The zero-order chi connectivity index (χ0) is 34.9. The van der Waals surface area contributed by atoms with E-state index in [-0.39, 0.29) is 29.8 Å². The fourth-order valence-electron chi connectivity index (χ4n) is 9.99. The monoisotopic (exact) mass is 679 g/mol. The van der Waals surface area contributed by atoms with Crippen molar-refractivity contribution in [3.8, 4) is 0 Å². The molecule has 4 aliphatic rings. The Morgan fingerprint density at radius 1 is 1.06 bits per heavy atom. The molecule has 1 aliphatic heterocycles. The Hall–Kier alpha value is -2.55. The highest BCUT2D eigenvalue weighted by Gasteiger charge is 2.54. The number of aliphatic carboxylic acids is 1.